The number of hydrogen-bond donors (Lipinski definition) is 3. The topological polar surface area (TPSA) is 144 Å². The molecule has 2 aromatic carbocycles. The highest BCUT2D eigenvalue weighted by atomic mass is 32.2. The first-order chi connectivity index (χ1) is 18.8. The van der Waals surface area contributed by atoms with Crippen molar-refractivity contribution in [3.63, 3.8) is 0 Å². The van der Waals surface area contributed by atoms with Crippen LogP contribution in [-0.4, -0.2) is 48.8 Å². The van der Waals surface area contributed by atoms with Gasteiger partial charge in [0, 0.05) is 23.8 Å². The molecule has 1 aliphatic rings. The van der Waals surface area contributed by atoms with Crippen LogP contribution in [-0.2, 0) is 34.1 Å². The number of carbonyl (C=O) groups excluding carboxylic acids is 1. The highest BCUT2D eigenvalue weighted by molar-refractivity contribution is 7.89. The molecule has 2 aromatic heterocycles. The molecule has 5 rings (SSSR count). The lowest BCUT2D eigenvalue weighted by molar-refractivity contribution is 0.0536. The van der Waals surface area contributed by atoms with E-state index in [0.29, 0.717) is 17.8 Å². The molecule has 1 aliphatic carbocycles. The number of hydrogen-bond acceptors (Lipinski definition) is 8. The van der Waals surface area contributed by atoms with Crippen LogP contribution in [0.25, 0.3) is 16.7 Å². The van der Waals surface area contributed by atoms with Gasteiger partial charge in [-0.2, -0.15) is 4.98 Å². The minimum atomic E-state index is -3.29. The second-order valence-corrected chi connectivity index (χ2v) is 11.3. The SMILES string of the molecule is CNS(=O)(=O)CCc1ccc(Nc2ncc3c(=O)c(C(=O)NOC)cn(-c4ccc5c(c4)CCC5)c3n2)cc1. The van der Waals surface area contributed by atoms with Gasteiger partial charge in [0.05, 0.1) is 18.2 Å². The van der Waals surface area contributed by atoms with Crippen LogP contribution >= 0.6 is 0 Å². The predicted octanol–water partition coefficient (Wildman–Crippen LogP) is 2.40. The summed E-state index contributed by atoms with van der Waals surface area (Å²) in [6.07, 6.45) is 6.34. The summed E-state index contributed by atoms with van der Waals surface area (Å²) in [6, 6.07) is 13.4. The van der Waals surface area contributed by atoms with Crippen LogP contribution < -0.4 is 20.9 Å². The minimum Gasteiger partial charge on any atom is -0.324 e. The summed E-state index contributed by atoms with van der Waals surface area (Å²) in [5.41, 5.74) is 6.82. The highest BCUT2D eigenvalue weighted by Crippen LogP contribution is 2.26. The van der Waals surface area contributed by atoms with Gasteiger partial charge < -0.3 is 9.88 Å². The molecule has 1 amide bonds. The zero-order valence-electron chi connectivity index (χ0n) is 21.5. The first kappa shape index (κ1) is 26.5. The van der Waals surface area contributed by atoms with Crippen molar-refractivity contribution < 1.29 is 18.0 Å². The summed E-state index contributed by atoms with van der Waals surface area (Å²) in [5.74, 6) is -0.408. The Morgan fingerprint density at radius 1 is 1.10 bits per heavy atom. The van der Waals surface area contributed by atoms with E-state index in [1.807, 2.05) is 18.2 Å². The van der Waals surface area contributed by atoms with Crippen molar-refractivity contribution in [1.82, 2.24) is 24.7 Å². The van der Waals surface area contributed by atoms with Gasteiger partial charge in [0.2, 0.25) is 21.4 Å². The molecule has 0 aliphatic heterocycles. The summed E-state index contributed by atoms with van der Waals surface area (Å²) in [5, 5.41) is 3.32. The number of benzene rings is 2. The third kappa shape index (κ3) is 5.67. The van der Waals surface area contributed by atoms with Crippen molar-refractivity contribution in [2.75, 3.05) is 25.2 Å². The third-order valence-electron chi connectivity index (χ3n) is 6.72. The molecule has 0 atom stereocenters. The van der Waals surface area contributed by atoms with E-state index in [1.54, 1.807) is 16.7 Å². The van der Waals surface area contributed by atoms with Gasteiger partial charge in [-0.25, -0.2) is 23.6 Å². The van der Waals surface area contributed by atoms with Crippen molar-refractivity contribution >= 4 is 38.6 Å². The fourth-order valence-corrected chi connectivity index (χ4v) is 5.33. The number of hydroxylamine groups is 1. The van der Waals surface area contributed by atoms with E-state index in [9.17, 15) is 18.0 Å². The first-order valence-corrected chi connectivity index (χ1v) is 14.1. The molecule has 4 aromatic rings. The summed E-state index contributed by atoms with van der Waals surface area (Å²) < 4.78 is 27.4. The van der Waals surface area contributed by atoms with Crippen molar-refractivity contribution in [3.05, 3.63) is 87.3 Å². The summed E-state index contributed by atoms with van der Waals surface area (Å²) in [4.78, 5) is 39.5. The predicted molar refractivity (Wildman–Crippen MR) is 148 cm³/mol. The van der Waals surface area contributed by atoms with E-state index >= 15 is 0 Å². The average Bonchev–Trinajstić information content (AvgIpc) is 3.41. The lowest BCUT2D eigenvalue weighted by Gasteiger charge is -2.15. The molecule has 0 saturated carbocycles. The largest absolute Gasteiger partial charge is 0.324 e. The molecular weight excluding hydrogens is 520 g/mol. The maximum atomic E-state index is 13.2. The highest BCUT2D eigenvalue weighted by Gasteiger charge is 2.19. The molecule has 0 unspecified atom stereocenters. The third-order valence-corrected chi connectivity index (χ3v) is 8.09. The lowest BCUT2D eigenvalue weighted by Crippen LogP contribution is -2.29. The van der Waals surface area contributed by atoms with Crippen molar-refractivity contribution in [2.45, 2.75) is 25.7 Å². The Hall–Kier alpha value is -4.13. The van der Waals surface area contributed by atoms with Gasteiger partial charge >= 0.3 is 0 Å². The smallest absolute Gasteiger partial charge is 0.280 e. The standard InChI is InChI=1S/C27H28N6O5S/c1-28-39(36,37)13-12-17-6-9-20(10-7-17)30-27-29-15-22-24(34)23(26(35)32-38-2)16-33(25(22)31-27)21-11-8-18-4-3-5-19(18)14-21/h6-11,14-16,28H,3-5,12-13H2,1-2H3,(H,32,35)(H,29,30,31). The molecule has 3 N–H and O–H groups in total. The van der Waals surface area contributed by atoms with Crippen molar-refractivity contribution in [1.29, 1.82) is 0 Å². The molecule has 0 radical (unpaired) electrons. The fourth-order valence-electron chi connectivity index (χ4n) is 4.62. The van der Waals surface area contributed by atoms with Crippen molar-refractivity contribution in [2.24, 2.45) is 0 Å². The molecule has 0 spiro atoms. The molecular formula is C27H28N6O5S. The van der Waals surface area contributed by atoms with Gasteiger partial charge in [0.1, 0.15) is 5.56 Å². The number of fused-ring (bicyclic) bond motifs is 2. The van der Waals surface area contributed by atoms with Crippen LogP contribution in [0, 0.1) is 0 Å². The Bertz CT molecular complexity index is 1720. The number of nitrogens with zero attached hydrogens (tertiary/aromatic N) is 3. The number of pyridine rings is 1. The van der Waals surface area contributed by atoms with E-state index < -0.39 is 21.4 Å². The number of carbonyl (C=O) groups is 1. The molecule has 0 saturated heterocycles. The number of nitrogens with one attached hydrogen (secondary N) is 3. The van der Waals surface area contributed by atoms with Crippen LogP contribution in [0.1, 0.15) is 33.5 Å². The fraction of sp³-hybridized carbons (Fsp3) is 0.259. The van der Waals surface area contributed by atoms with E-state index in [2.05, 4.69) is 37.6 Å². The van der Waals surface area contributed by atoms with Crippen LogP contribution in [0.4, 0.5) is 11.6 Å². The Labute approximate surface area is 225 Å². The maximum Gasteiger partial charge on any atom is 0.280 e. The summed E-state index contributed by atoms with van der Waals surface area (Å²) >= 11 is 0. The summed E-state index contributed by atoms with van der Waals surface area (Å²) in [6.45, 7) is 0. The second kappa shape index (κ2) is 10.9. The maximum absolute atomic E-state index is 13.2. The van der Waals surface area contributed by atoms with Gasteiger partial charge in [-0.3, -0.25) is 14.4 Å². The van der Waals surface area contributed by atoms with Gasteiger partial charge in [0.25, 0.3) is 5.91 Å². The molecule has 0 fully saturated rings. The Morgan fingerprint density at radius 3 is 2.62 bits per heavy atom. The summed E-state index contributed by atoms with van der Waals surface area (Å²) in [7, 11) is -0.593. The van der Waals surface area contributed by atoms with Crippen LogP contribution in [0.15, 0.2) is 59.7 Å². The van der Waals surface area contributed by atoms with Gasteiger partial charge in [-0.05, 0) is 73.7 Å². The van der Waals surface area contributed by atoms with Crippen LogP contribution in [0.3, 0.4) is 0 Å². The Balaban J connectivity index is 1.51. The Kier molecular flexibility index (Phi) is 7.42. The first-order valence-electron chi connectivity index (χ1n) is 12.4. The molecule has 11 nitrogen and oxygen atoms in total. The number of rotatable bonds is 9. The molecule has 2 heterocycles. The zero-order valence-corrected chi connectivity index (χ0v) is 22.3. The molecule has 12 heteroatoms. The van der Waals surface area contributed by atoms with Gasteiger partial charge in [0.15, 0.2) is 5.65 Å². The van der Waals surface area contributed by atoms with Crippen LogP contribution in [0.2, 0.25) is 0 Å². The molecule has 39 heavy (non-hydrogen) atoms. The van der Waals surface area contributed by atoms with Crippen molar-refractivity contribution in [3.8, 4) is 5.69 Å². The Morgan fingerprint density at radius 2 is 1.87 bits per heavy atom. The second-order valence-electron chi connectivity index (χ2n) is 9.21. The normalized spacial score (nSPS) is 12.9. The molecule has 202 valence electrons. The quantitative estimate of drug-likeness (QED) is 0.271. The van der Waals surface area contributed by atoms with E-state index in [4.69, 9.17) is 4.84 Å². The monoisotopic (exact) mass is 548 g/mol. The number of aromatic nitrogens is 3. The number of anilines is 2. The van der Waals surface area contributed by atoms with E-state index in [-0.39, 0.29) is 22.7 Å². The van der Waals surface area contributed by atoms with E-state index in [1.165, 1.54) is 37.7 Å². The number of aryl methyl sites for hydroxylation is 3. The number of amides is 1. The van der Waals surface area contributed by atoms with E-state index in [0.717, 1.165) is 30.5 Å². The van der Waals surface area contributed by atoms with Crippen LogP contribution in [0.5, 0.6) is 0 Å². The zero-order chi connectivity index (χ0) is 27.6. The average molecular weight is 549 g/mol. The minimum absolute atomic E-state index is 0.00528. The lowest BCUT2D eigenvalue weighted by atomic mass is 10.1. The number of sulfonamides is 1. The van der Waals surface area contributed by atoms with Gasteiger partial charge in [-0.1, -0.05) is 18.2 Å². The van der Waals surface area contributed by atoms with Gasteiger partial charge in [-0.15, -0.1) is 0 Å². The molecule has 0 bridgehead atoms.